The van der Waals surface area contributed by atoms with Crippen molar-refractivity contribution in [2.24, 2.45) is 5.92 Å². The Labute approximate surface area is 458 Å². The Hall–Kier alpha value is -6.58. The number of ether oxygens (including phenoxy) is 2. The van der Waals surface area contributed by atoms with Gasteiger partial charge in [0.2, 0.25) is 11.7 Å². The number of carbonyl (C=O) groups excluding carboxylic acids is 3. The number of amides is 2. The first-order valence-electron chi connectivity index (χ1n) is 25.2. The molecular weight excluding hydrogens is 1050 g/mol. The van der Waals surface area contributed by atoms with E-state index in [4.69, 9.17) is 32.7 Å². The fourth-order valence-electron chi connectivity index (χ4n) is 8.82. The zero-order valence-corrected chi connectivity index (χ0v) is 45.8. The van der Waals surface area contributed by atoms with Gasteiger partial charge in [-0.15, -0.1) is 10.2 Å². The number of likely N-dealkylation sites (tertiary alicyclic amines) is 1. The van der Waals surface area contributed by atoms with E-state index >= 15 is 0 Å². The minimum atomic E-state index is -0.405. The zero-order valence-electron chi connectivity index (χ0n) is 42.7. The number of aromatic nitrogens is 8. The summed E-state index contributed by atoms with van der Waals surface area (Å²) in [7, 11) is 3.36. The number of H-pyrrole nitrogens is 1. The number of carbonyl (C=O) groups is 3. The molecule has 0 radical (unpaired) electrons. The molecule has 8 rings (SSSR count). The van der Waals surface area contributed by atoms with Gasteiger partial charge in [-0.3, -0.25) is 38.6 Å². The second kappa shape index (κ2) is 26.5. The van der Waals surface area contributed by atoms with Crippen LogP contribution in [0.25, 0.3) is 40.1 Å². The lowest BCUT2D eigenvalue weighted by atomic mass is 9.95. The first-order chi connectivity index (χ1) is 36.8. The number of phenolic OH excluding ortho intramolecular Hbond substituents is 2. The molecule has 0 unspecified atom stereocenters. The summed E-state index contributed by atoms with van der Waals surface area (Å²) < 4.78 is 15.0. The van der Waals surface area contributed by atoms with Crippen LogP contribution in [0.2, 0.25) is 10.0 Å². The fraction of sp³-hybridized carbons (Fsp3) is 0.370. The molecule has 0 saturated carbocycles. The predicted octanol–water partition coefficient (Wildman–Crippen LogP) is 10.0. The highest BCUT2D eigenvalue weighted by atomic mass is 35.5. The van der Waals surface area contributed by atoms with Crippen molar-refractivity contribution in [3.8, 4) is 34.3 Å². The van der Waals surface area contributed by atoms with Crippen LogP contribution in [0.15, 0.2) is 79.4 Å². The van der Waals surface area contributed by atoms with Gasteiger partial charge in [0, 0.05) is 90.3 Å². The molecule has 0 bridgehead atoms. The van der Waals surface area contributed by atoms with Crippen LogP contribution in [-0.4, -0.2) is 117 Å². The Morgan fingerprint density at radius 3 is 2.43 bits per heavy atom. The van der Waals surface area contributed by atoms with E-state index in [1.165, 1.54) is 6.07 Å². The molecule has 7 aromatic rings. The number of hydrogen-bond acceptors (Lipinski definition) is 15. The third-order valence-corrected chi connectivity index (χ3v) is 15.9. The van der Waals surface area contributed by atoms with Crippen molar-refractivity contribution < 1.29 is 34.1 Å². The fourth-order valence-corrected chi connectivity index (χ4v) is 11.5. The summed E-state index contributed by atoms with van der Waals surface area (Å²) >= 11 is 12.7. The highest BCUT2D eigenvalue weighted by Crippen LogP contribution is 2.39. The van der Waals surface area contributed by atoms with Gasteiger partial charge in [-0.05, 0) is 112 Å². The highest BCUT2D eigenvalue weighted by Gasteiger charge is 2.27. The molecule has 1 aliphatic rings. The van der Waals surface area contributed by atoms with E-state index in [1.807, 2.05) is 88.5 Å². The maximum atomic E-state index is 13.1. The van der Waals surface area contributed by atoms with Gasteiger partial charge in [-0.1, -0.05) is 70.8 Å². The minimum absolute atomic E-state index is 0.0188. The number of nitrogens with zero attached hydrogens (tertiary/aromatic N) is 8. The molecule has 0 aliphatic carbocycles. The molecule has 1 aliphatic heterocycles. The quantitative estimate of drug-likeness (QED) is 0.0215. The Morgan fingerprint density at radius 1 is 0.921 bits per heavy atom. The summed E-state index contributed by atoms with van der Waals surface area (Å²) in [5.74, 6) is 1.73. The Balaban J connectivity index is 0.688. The van der Waals surface area contributed by atoms with Crippen LogP contribution in [0.1, 0.15) is 104 Å². The largest absolute Gasteiger partial charge is 0.508 e. The molecule has 22 heteroatoms. The number of piperidine rings is 1. The molecule has 18 nitrogen and oxygen atoms in total. The normalized spacial score (nSPS) is 13.7. The lowest BCUT2D eigenvalue weighted by Crippen LogP contribution is -2.40. The molecule has 5 heterocycles. The van der Waals surface area contributed by atoms with E-state index in [0.717, 1.165) is 65.2 Å². The molecule has 3 aromatic carbocycles. The van der Waals surface area contributed by atoms with Crippen molar-refractivity contribution in [1.29, 1.82) is 0 Å². The number of benzene rings is 3. The van der Waals surface area contributed by atoms with Crippen LogP contribution in [0.3, 0.4) is 0 Å². The van der Waals surface area contributed by atoms with E-state index in [1.54, 1.807) is 55.5 Å². The van der Waals surface area contributed by atoms with E-state index in [9.17, 15) is 24.6 Å². The van der Waals surface area contributed by atoms with Crippen LogP contribution in [0, 0.1) is 5.92 Å². The van der Waals surface area contributed by atoms with Crippen molar-refractivity contribution in [2.45, 2.75) is 78.5 Å². The Morgan fingerprint density at radius 2 is 1.68 bits per heavy atom. The van der Waals surface area contributed by atoms with Gasteiger partial charge >= 0.3 is 5.97 Å². The number of pyridine rings is 1. The number of aromatic amines is 1. The summed E-state index contributed by atoms with van der Waals surface area (Å²) in [6, 6.07) is 16.5. The summed E-state index contributed by atoms with van der Waals surface area (Å²) in [5.41, 5.74) is 5.83. The number of aromatic hydroxyl groups is 2. The first-order valence-corrected chi connectivity index (χ1v) is 28.4. The van der Waals surface area contributed by atoms with Gasteiger partial charge in [-0.25, -0.2) is 0 Å². The Bertz CT molecular complexity index is 3140. The second-order valence-corrected chi connectivity index (χ2v) is 22.1. The number of rotatable bonds is 24. The van der Waals surface area contributed by atoms with Gasteiger partial charge in [0.15, 0.2) is 5.82 Å². The maximum absolute atomic E-state index is 13.1. The standard InChI is InChI=1S/C54H61Cl2N11O7S2/c1-5-58-54(72)52-64-63-51(42-26-40(33(2)3)47(68)27-48(42)69)67(52)38-11-8-35(9-12-38)31-65-19-16-37(17-20-65)53(71)59-18-24-76-75-23-6-7-49(70)73-22-21-66-32-36(28-60-66)10-14-45-41-25-39(13-15-46(41)62-61-45)74-34(4)50-43(55)29-57-30-44(50)56/h8-15,25-30,32-34,37,68-69H,5-7,16-24,31H2,1-4H3,(H,58,72)(H,59,71)(H,61,62)/b14-10+/t34-/m0/s1. The highest BCUT2D eigenvalue weighted by molar-refractivity contribution is 8.76. The average Bonchev–Trinajstić information content (AvgIpc) is 4.16. The van der Waals surface area contributed by atoms with E-state index in [-0.39, 0.29) is 53.5 Å². The van der Waals surface area contributed by atoms with Crippen molar-refractivity contribution >= 4 is 85.6 Å². The number of halogens is 2. The first kappa shape index (κ1) is 55.6. The summed E-state index contributed by atoms with van der Waals surface area (Å²) in [5, 5.41) is 49.4. The molecule has 1 fully saturated rings. The average molecular weight is 1110 g/mol. The van der Waals surface area contributed by atoms with Crippen molar-refractivity contribution in [3.63, 3.8) is 0 Å². The minimum Gasteiger partial charge on any atom is -0.508 e. The maximum Gasteiger partial charge on any atom is 0.305 e. The summed E-state index contributed by atoms with van der Waals surface area (Å²) in [6.07, 6.45) is 12.7. The smallest absolute Gasteiger partial charge is 0.305 e. The van der Waals surface area contributed by atoms with Crippen LogP contribution in [0.5, 0.6) is 17.2 Å². The third-order valence-electron chi connectivity index (χ3n) is 12.8. The van der Waals surface area contributed by atoms with Crippen molar-refractivity contribution in [1.82, 2.24) is 55.3 Å². The van der Waals surface area contributed by atoms with Crippen LogP contribution in [-0.2, 0) is 27.4 Å². The number of nitrogens with one attached hydrogen (secondary N) is 3. The van der Waals surface area contributed by atoms with E-state index < -0.39 is 12.0 Å². The zero-order chi connectivity index (χ0) is 53.7. The van der Waals surface area contributed by atoms with Gasteiger partial charge in [-0.2, -0.15) is 10.2 Å². The summed E-state index contributed by atoms with van der Waals surface area (Å²) in [4.78, 5) is 44.9. The third kappa shape index (κ3) is 14.3. The van der Waals surface area contributed by atoms with Crippen LogP contribution in [0.4, 0.5) is 0 Å². The molecule has 4 aromatic heterocycles. The number of phenols is 2. The molecule has 76 heavy (non-hydrogen) atoms. The molecule has 1 atom stereocenters. The van der Waals surface area contributed by atoms with Gasteiger partial charge in [0.1, 0.15) is 30.0 Å². The summed E-state index contributed by atoms with van der Waals surface area (Å²) in [6.45, 7) is 11.5. The van der Waals surface area contributed by atoms with Crippen LogP contribution >= 0.6 is 44.8 Å². The Kier molecular flexibility index (Phi) is 19.4. The molecule has 400 valence electrons. The van der Waals surface area contributed by atoms with Gasteiger partial charge in [0.05, 0.1) is 39.6 Å². The molecule has 5 N–H and O–H groups in total. The molecule has 1 saturated heterocycles. The van der Waals surface area contributed by atoms with Gasteiger partial charge < -0.3 is 30.3 Å². The van der Waals surface area contributed by atoms with Crippen molar-refractivity contribution in [2.75, 3.05) is 44.3 Å². The van der Waals surface area contributed by atoms with Gasteiger partial charge in [0.25, 0.3) is 5.91 Å². The van der Waals surface area contributed by atoms with E-state index in [2.05, 4.69) is 46.0 Å². The lowest BCUT2D eigenvalue weighted by molar-refractivity contribution is -0.144. The number of fused-ring (bicyclic) bond motifs is 1. The SMILES string of the molecule is CCNC(=O)c1nnc(-c2cc(C(C)C)c(O)cc2O)n1-c1ccc(CN2CCC(C(=O)NCCSSCCCC(=O)OCCn3cc(/C=C/c4n[nH]c5ccc(O[C@@H](C)c6c(Cl)cncc6Cl)cc45)cn3)CC2)cc1. The molecule has 2 amide bonds. The lowest BCUT2D eigenvalue weighted by Gasteiger charge is -2.31. The second-order valence-electron chi connectivity index (χ2n) is 18.6. The van der Waals surface area contributed by atoms with Crippen LogP contribution < -0.4 is 15.4 Å². The molecule has 0 spiro atoms. The number of hydrogen-bond donors (Lipinski definition) is 5. The number of esters is 1. The topological polar surface area (TPSA) is 228 Å². The monoisotopic (exact) mass is 1110 g/mol. The van der Waals surface area contributed by atoms with E-state index in [0.29, 0.717) is 77.2 Å². The molecular formula is C54H61Cl2N11O7S2. The van der Waals surface area contributed by atoms with Crippen molar-refractivity contribution in [3.05, 3.63) is 123 Å². The predicted molar refractivity (Wildman–Crippen MR) is 299 cm³/mol.